The van der Waals surface area contributed by atoms with Crippen LogP contribution >= 0.6 is 0 Å². The van der Waals surface area contributed by atoms with Crippen molar-refractivity contribution >= 4 is 0 Å². The number of morpholine rings is 1. The Kier molecular flexibility index (Phi) is 4.49. The molecule has 2 heterocycles. The largest absolute Gasteiger partial charge is 0.379 e. The molecule has 1 saturated heterocycles. The van der Waals surface area contributed by atoms with E-state index in [0.717, 1.165) is 39.4 Å². The Morgan fingerprint density at radius 1 is 1.21 bits per heavy atom. The van der Waals surface area contributed by atoms with Crippen LogP contribution in [-0.2, 0) is 24.1 Å². The zero-order chi connectivity index (χ0) is 12.9. The number of ether oxygens (including phenoxy) is 1. The van der Waals surface area contributed by atoms with Gasteiger partial charge in [0.1, 0.15) is 0 Å². The lowest BCUT2D eigenvalue weighted by molar-refractivity contribution is 0.0374. The third-order valence-corrected chi connectivity index (χ3v) is 4.27. The molecule has 1 aromatic carbocycles. The van der Waals surface area contributed by atoms with Crippen LogP contribution in [0.5, 0.6) is 0 Å². The summed E-state index contributed by atoms with van der Waals surface area (Å²) in [5, 5.41) is 3.49. The molecule has 3 rings (SSSR count). The Morgan fingerprint density at radius 2 is 2.11 bits per heavy atom. The van der Waals surface area contributed by atoms with Crippen LogP contribution in [0.1, 0.15) is 23.1 Å². The van der Waals surface area contributed by atoms with Gasteiger partial charge in [-0.05, 0) is 49.0 Å². The zero-order valence-corrected chi connectivity index (χ0v) is 11.7. The summed E-state index contributed by atoms with van der Waals surface area (Å²) in [6.07, 6.45) is 3.66. The smallest absolute Gasteiger partial charge is 0.0594 e. The summed E-state index contributed by atoms with van der Waals surface area (Å²) in [4.78, 5) is 2.52. The van der Waals surface area contributed by atoms with Crippen molar-refractivity contribution in [3.8, 4) is 0 Å². The van der Waals surface area contributed by atoms with Crippen LogP contribution in [0.15, 0.2) is 18.2 Å². The second-order valence-corrected chi connectivity index (χ2v) is 5.54. The quantitative estimate of drug-likeness (QED) is 0.890. The molecule has 0 aliphatic carbocycles. The van der Waals surface area contributed by atoms with Crippen molar-refractivity contribution in [2.45, 2.75) is 25.8 Å². The summed E-state index contributed by atoms with van der Waals surface area (Å²) in [6.45, 7) is 7.42. The lowest BCUT2D eigenvalue weighted by Gasteiger charge is -2.27. The van der Waals surface area contributed by atoms with Crippen LogP contribution in [-0.4, -0.2) is 44.3 Å². The number of rotatable bonds is 4. The third-order valence-electron chi connectivity index (χ3n) is 4.27. The SMILES string of the molecule is c1cc(CCCN2CCOCC2)c2c(c1)CCNC2. The van der Waals surface area contributed by atoms with E-state index in [4.69, 9.17) is 4.74 Å². The number of benzene rings is 1. The molecule has 0 spiro atoms. The van der Waals surface area contributed by atoms with E-state index in [1.165, 1.54) is 25.8 Å². The van der Waals surface area contributed by atoms with Crippen LogP contribution in [0.4, 0.5) is 0 Å². The van der Waals surface area contributed by atoms with Crippen molar-refractivity contribution in [3.63, 3.8) is 0 Å². The Hall–Kier alpha value is -0.900. The second kappa shape index (κ2) is 6.51. The summed E-state index contributed by atoms with van der Waals surface area (Å²) < 4.78 is 5.39. The molecule has 1 fully saturated rings. The number of nitrogens with one attached hydrogen (secondary N) is 1. The van der Waals surface area contributed by atoms with Gasteiger partial charge in [0.25, 0.3) is 0 Å². The molecule has 104 valence electrons. The van der Waals surface area contributed by atoms with Gasteiger partial charge in [0.15, 0.2) is 0 Å². The van der Waals surface area contributed by atoms with E-state index in [0.29, 0.717) is 0 Å². The molecule has 2 aliphatic rings. The standard InChI is InChI=1S/C16H24N2O/c1-3-14(16-13-17-7-6-15(16)4-1)5-2-8-18-9-11-19-12-10-18/h1,3-4,17H,2,5-13H2. The zero-order valence-electron chi connectivity index (χ0n) is 11.7. The van der Waals surface area contributed by atoms with Gasteiger partial charge < -0.3 is 10.1 Å². The maximum atomic E-state index is 5.39. The molecule has 0 atom stereocenters. The van der Waals surface area contributed by atoms with Gasteiger partial charge >= 0.3 is 0 Å². The van der Waals surface area contributed by atoms with E-state index in [1.807, 2.05) is 0 Å². The minimum absolute atomic E-state index is 0.907. The molecule has 3 heteroatoms. The minimum atomic E-state index is 0.907. The average Bonchev–Trinajstić information content (AvgIpc) is 2.49. The molecule has 0 unspecified atom stereocenters. The number of fused-ring (bicyclic) bond motifs is 1. The van der Waals surface area contributed by atoms with Gasteiger partial charge in [-0.3, -0.25) is 4.90 Å². The van der Waals surface area contributed by atoms with Crippen molar-refractivity contribution in [1.29, 1.82) is 0 Å². The summed E-state index contributed by atoms with van der Waals surface area (Å²) in [7, 11) is 0. The van der Waals surface area contributed by atoms with Crippen molar-refractivity contribution in [1.82, 2.24) is 10.2 Å². The van der Waals surface area contributed by atoms with Gasteiger partial charge in [-0.25, -0.2) is 0 Å². The molecule has 0 amide bonds. The summed E-state index contributed by atoms with van der Waals surface area (Å²) >= 11 is 0. The van der Waals surface area contributed by atoms with Crippen molar-refractivity contribution < 1.29 is 4.74 Å². The van der Waals surface area contributed by atoms with Gasteiger partial charge in [0.2, 0.25) is 0 Å². The van der Waals surface area contributed by atoms with E-state index >= 15 is 0 Å². The van der Waals surface area contributed by atoms with Crippen LogP contribution in [0.3, 0.4) is 0 Å². The molecule has 3 nitrogen and oxygen atoms in total. The third kappa shape index (κ3) is 3.35. The predicted molar refractivity (Wildman–Crippen MR) is 77.4 cm³/mol. The monoisotopic (exact) mass is 260 g/mol. The predicted octanol–water partition coefficient (Wildman–Crippen LogP) is 1.60. The van der Waals surface area contributed by atoms with Gasteiger partial charge in [0, 0.05) is 19.6 Å². The molecule has 0 aromatic heterocycles. The number of aryl methyl sites for hydroxylation is 1. The summed E-state index contributed by atoms with van der Waals surface area (Å²) in [5.41, 5.74) is 4.68. The summed E-state index contributed by atoms with van der Waals surface area (Å²) in [6, 6.07) is 6.83. The normalized spacial score (nSPS) is 20.2. The maximum absolute atomic E-state index is 5.39. The maximum Gasteiger partial charge on any atom is 0.0594 e. The van der Waals surface area contributed by atoms with Crippen molar-refractivity contribution in [2.75, 3.05) is 39.4 Å². The highest BCUT2D eigenvalue weighted by atomic mass is 16.5. The van der Waals surface area contributed by atoms with Gasteiger partial charge in [-0.1, -0.05) is 18.2 Å². The highest BCUT2D eigenvalue weighted by Crippen LogP contribution is 2.20. The lowest BCUT2D eigenvalue weighted by atomic mass is 9.93. The molecule has 1 aromatic rings. The first-order valence-electron chi connectivity index (χ1n) is 7.54. The lowest BCUT2D eigenvalue weighted by Crippen LogP contribution is -2.37. The number of hydrogen-bond donors (Lipinski definition) is 1. The highest BCUT2D eigenvalue weighted by molar-refractivity contribution is 5.37. The first-order valence-corrected chi connectivity index (χ1v) is 7.54. The van der Waals surface area contributed by atoms with E-state index in [-0.39, 0.29) is 0 Å². The fourth-order valence-electron chi connectivity index (χ4n) is 3.14. The fraction of sp³-hybridized carbons (Fsp3) is 0.625. The molecule has 19 heavy (non-hydrogen) atoms. The Bertz CT molecular complexity index is 413. The van der Waals surface area contributed by atoms with Crippen LogP contribution in [0.2, 0.25) is 0 Å². The van der Waals surface area contributed by atoms with Gasteiger partial charge in [-0.15, -0.1) is 0 Å². The van der Waals surface area contributed by atoms with Crippen molar-refractivity contribution in [2.24, 2.45) is 0 Å². The first-order chi connectivity index (χ1) is 9.43. The molecule has 0 saturated carbocycles. The minimum Gasteiger partial charge on any atom is -0.379 e. The highest BCUT2D eigenvalue weighted by Gasteiger charge is 2.13. The second-order valence-electron chi connectivity index (χ2n) is 5.54. The van der Waals surface area contributed by atoms with Crippen LogP contribution < -0.4 is 5.32 Å². The molecule has 0 radical (unpaired) electrons. The average molecular weight is 260 g/mol. The Labute approximate surface area is 115 Å². The van der Waals surface area contributed by atoms with E-state index in [9.17, 15) is 0 Å². The summed E-state index contributed by atoms with van der Waals surface area (Å²) in [5.74, 6) is 0. The molecule has 2 aliphatic heterocycles. The van der Waals surface area contributed by atoms with E-state index in [2.05, 4.69) is 28.4 Å². The topological polar surface area (TPSA) is 24.5 Å². The van der Waals surface area contributed by atoms with Crippen LogP contribution in [0.25, 0.3) is 0 Å². The van der Waals surface area contributed by atoms with E-state index in [1.54, 1.807) is 16.7 Å². The Balaban J connectivity index is 1.54. The van der Waals surface area contributed by atoms with Gasteiger partial charge in [-0.2, -0.15) is 0 Å². The molecular formula is C16H24N2O. The molecule has 1 N–H and O–H groups in total. The van der Waals surface area contributed by atoms with E-state index < -0.39 is 0 Å². The Morgan fingerprint density at radius 3 is 3.00 bits per heavy atom. The fourth-order valence-corrected chi connectivity index (χ4v) is 3.14. The number of hydrogen-bond acceptors (Lipinski definition) is 3. The number of nitrogens with zero attached hydrogens (tertiary/aromatic N) is 1. The van der Waals surface area contributed by atoms with Crippen LogP contribution in [0, 0.1) is 0 Å². The van der Waals surface area contributed by atoms with Gasteiger partial charge in [0.05, 0.1) is 13.2 Å². The van der Waals surface area contributed by atoms with Crippen molar-refractivity contribution in [3.05, 3.63) is 34.9 Å². The molecular weight excluding hydrogens is 236 g/mol. The first kappa shape index (κ1) is 13.1. The molecule has 0 bridgehead atoms.